The summed E-state index contributed by atoms with van der Waals surface area (Å²) in [6.07, 6.45) is 19.9. The molecule has 1 nitrogen and oxygen atoms in total. The molecule has 0 unspecified atom stereocenters. The molecule has 0 radical (unpaired) electrons. The molecule has 0 aliphatic rings. The summed E-state index contributed by atoms with van der Waals surface area (Å²) in [5.41, 5.74) is 23.2. The molecule has 0 atom stereocenters. The van der Waals surface area contributed by atoms with Crippen LogP contribution in [-0.4, -0.2) is 6.29 Å². The van der Waals surface area contributed by atoms with Crippen LogP contribution in [0.25, 0.3) is 0 Å². The maximum Gasteiger partial charge on any atom is 0.124 e. The third-order valence-corrected chi connectivity index (χ3v) is 16.8. The number of allylic oxidation sites excluding steroid dienone is 3. The van der Waals surface area contributed by atoms with Gasteiger partial charge < -0.3 is 4.79 Å². The van der Waals surface area contributed by atoms with Gasteiger partial charge in [-0.15, -0.1) is 6.58 Å². The monoisotopic (exact) mass is 1160 g/mol. The molecular weight excluding hydrogens is 1020 g/mol. The molecule has 4 rings (SSSR count). The van der Waals surface area contributed by atoms with Gasteiger partial charge in [0.15, 0.2) is 0 Å². The number of rotatable bonds is 21. The molecule has 0 fully saturated rings. The average molecular weight is 1160 g/mol. The highest BCUT2D eigenvalue weighted by molar-refractivity contribution is 5.57. The van der Waals surface area contributed by atoms with E-state index in [0.29, 0.717) is 17.3 Å². The summed E-state index contributed by atoms with van der Waals surface area (Å²) in [4.78, 5) is 10.8. The van der Waals surface area contributed by atoms with Crippen molar-refractivity contribution < 1.29 is 4.79 Å². The van der Waals surface area contributed by atoms with Crippen molar-refractivity contribution in [2.24, 2.45) is 10.8 Å². The minimum absolute atomic E-state index is 0.114. The van der Waals surface area contributed by atoms with Gasteiger partial charge >= 0.3 is 0 Å². The van der Waals surface area contributed by atoms with Crippen molar-refractivity contribution in [2.45, 2.75) is 335 Å². The lowest BCUT2D eigenvalue weighted by Gasteiger charge is -2.35. The van der Waals surface area contributed by atoms with Gasteiger partial charge in [0, 0.05) is 6.42 Å². The molecule has 0 saturated heterocycles. The van der Waals surface area contributed by atoms with Crippen LogP contribution in [0.2, 0.25) is 0 Å². The second-order valence-electron chi connectivity index (χ2n) is 34.7. The maximum absolute atomic E-state index is 10.8. The van der Waals surface area contributed by atoms with Gasteiger partial charge in [-0.3, -0.25) is 0 Å². The Bertz CT molecular complexity index is 2590. The topological polar surface area (TPSA) is 17.1 Å². The zero-order valence-corrected chi connectivity index (χ0v) is 61.6. The van der Waals surface area contributed by atoms with Gasteiger partial charge in [0.1, 0.15) is 6.29 Å². The van der Waals surface area contributed by atoms with Crippen LogP contribution < -0.4 is 0 Å². The van der Waals surface area contributed by atoms with Gasteiger partial charge in [0.2, 0.25) is 0 Å². The van der Waals surface area contributed by atoms with Crippen molar-refractivity contribution in [3.05, 3.63) is 176 Å². The molecule has 0 saturated carbocycles. The van der Waals surface area contributed by atoms with Crippen molar-refractivity contribution in [1.82, 2.24) is 0 Å². The van der Waals surface area contributed by atoms with E-state index in [0.717, 1.165) is 63.2 Å². The van der Waals surface area contributed by atoms with Crippen LogP contribution in [0.15, 0.2) is 104 Å². The van der Waals surface area contributed by atoms with Crippen LogP contribution in [0, 0.1) is 24.7 Å². The third kappa shape index (κ3) is 29.1. The van der Waals surface area contributed by atoms with E-state index in [4.69, 9.17) is 0 Å². The second-order valence-corrected chi connectivity index (χ2v) is 34.7. The Morgan fingerprint density at radius 1 is 0.400 bits per heavy atom. The van der Waals surface area contributed by atoms with E-state index in [1.165, 1.54) is 116 Å². The molecule has 0 spiro atoms. The molecule has 478 valence electrons. The number of carbonyl (C=O) groups excluding carboxylic acids is 1. The first-order valence-electron chi connectivity index (χ1n) is 33.4. The Labute approximate surface area is 530 Å². The second kappa shape index (κ2) is 32.8. The number of hydrogen-bond acceptors (Lipinski definition) is 1. The predicted octanol–water partition coefficient (Wildman–Crippen LogP) is 25.5. The number of carbonyl (C=O) groups is 1. The molecule has 0 N–H and O–H groups in total. The van der Waals surface area contributed by atoms with Crippen molar-refractivity contribution >= 4 is 6.29 Å². The van der Waals surface area contributed by atoms with Crippen molar-refractivity contribution in [2.75, 3.05) is 0 Å². The minimum Gasteiger partial charge on any atom is -0.303 e. The molecule has 85 heavy (non-hydrogen) atoms. The normalized spacial score (nSPS) is 12.7. The van der Waals surface area contributed by atoms with Crippen LogP contribution in [-0.2, 0) is 68.4 Å². The molecule has 4 aromatic carbocycles. The van der Waals surface area contributed by atoms with E-state index in [2.05, 4.69) is 287 Å². The lowest BCUT2D eigenvalue weighted by atomic mass is 9.70. The fraction of sp³-hybridized carbons (Fsp3) is 0.631. The molecular formula is C84H136O. The number of aldehydes is 1. The third-order valence-electron chi connectivity index (χ3n) is 16.8. The quantitative estimate of drug-likeness (QED) is 0.0600. The number of benzene rings is 4. The molecule has 0 aliphatic carbocycles. The number of hydrogen-bond donors (Lipinski definition) is 0. The molecule has 0 aliphatic heterocycles. The Morgan fingerprint density at radius 2 is 0.729 bits per heavy atom. The molecule has 1 heteroatoms. The minimum atomic E-state index is 0.114. The lowest BCUT2D eigenvalue weighted by Crippen LogP contribution is -2.21. The Hall–Kier alpha value is -4.23. The molecule has 0 aromatic heterocycles. The first-order chi connectivity index (χ1) is 38.5. The Morgan fingerprint density at radius 3 is 1.04 bits per heavy atom. The first-order valence-corrected chi connectivity index (χ1v) is 33.4. The summed E-state index contributed by atoms with van der Waals surface area (Å²) >= 11 is 0. The lowest BCUT2D eigenvalue weighted by molar-refractivity contribution is -0.107. The van der Waals surface area contributed by atoms with E-state index in [1.807, 2.05) is 6.08 Å². The summed E-state index contributed by atoms with van der Waals surface area (Å²) in [7, 11) is 0. The maximum atomic E-state index is 10.8. The fourth-order valence-corrected chi connectivity index (χ4v) is 11.8. The summed E-state index contributed by atoms with van der Waals surface area (Å²) in [5.74, 6) is 0. The summed E-state index contributed by atoms with van der Waals surface area (Å²) in [6, 6.07) is 25.6. The average Bonchev–Trinajstić information content (AvgIpc) is 1.65. The molecule has 0 heterocycles. The van der Waals surface area contributed by atoms with Crippen molar-refractivity contribution in [1.29, 1.82) is 0 Å². The first kappa shape index (κ1) is 78.8. The van der Waals surface area contributed by atoms with Gasteiger partial charge in [-0.1, -0.05) is 297 Å². The van der Waals surface area contributed by atoms with Gasteiger partial charge in [-0.05, 0) is 212 Å². The van der Waals surface area contributed by atoms with Crippen LogP contribution in [0.3, 0.4) is 0 Å². The van der Waals surface area contributed by atoms with E-state index >= 15 is 0 Å². The highest BCUT2D eigenvalue weighted by Crippen LogP contribution is 2.43. The van der Waals surface area contributed by atoms with E-state index in [1.54, 1.807) is 0 Å². The van der Waals surface area contributed by atoms with Gasteiger partial charge in [-0.25, -0.2) is 0 Å². The number of aryl methyl sites for hydroxylation is 3. The van der Waals surface area contributed by atoms with Gasteiger partial charge in [-0.2, -0.15) is 0 Å². The zero-order chi connectivity index (χ0) is 66.0. The van der Waals surface area contributed by atoms with Crippen LogP contribution in [0.1, 0.15) is 330 Å². The zero-order valence-electron chi connectivity index (χ0n) is 61.6. The molecule has 0 amide bonds. The Balaban J connectivity index is 0.000000782. The highest BCUT2D eigenvalue weighted by Gasteiger charge is 2.30. The van der Waals surface area contributed by atoms with E-state index < -0.39 is 0 Å². The van der Waals surface area contributed by atoms with Crippen LogP contribution >= 0.6 is 0 Å². The standard InChI is InChI=1S/C48H78.C17H26O.C14H20.C5H12/c1-18-26-48(27-19-2,28-24-35(3)20-22-38-30-40(44(6,7)8)34-41(31-38)45(9,10)11)29-25-36(4)21-23-39-32-42(46(12,13)14)37(5)43(33-39)47(15,16)17;1-12-14(16(2,3)4)10-13(8-9-18)11-15(12)17(5,6)7;1-5-6-8-12-9-7-10-13(11-12)14(2,3)4;1-5(2,3)4/h30-34H,3-4,18-29H2,1-2,5-17H3;9-11H,8H2,1-7H3;5,7,9-11H,1,6,8H2,2-4H3;1-4H3. The van der Waals surface area contributed by atoms with E-state index in [-0.39, 0.29) is 37.9 Å². The summed E-state index contributed by atoms with van der Waals surface area (Å²) in [5, 5.41) is 0. The predicted molar refractivity (Wildman–Crippen MR) is 385 cm³/mol. The smallest absolute Gasteiger partial charge is 0.124 e. The van der Waals surface area contributed by atoms with Gasteiger partial charge in [0.25, 0.3) is 0 Å². The van der Waals surface area contributed by atoms with Crippen LogP contribution in [0.5, 0.6) is 0 Å². The summed E-state index contributed by atoms with van der Waals surface area (Å²) in [6.45, 7) is 79.3. The Kier molecular flexibility index (Phi) is 30.4. The van der Waals surface area contributed by atoms with Crippen LogP contribution in [0.4, 0.5) is 0 Å². The largest absolute Gasteiger partial charge is 0.303 e. The summed E-state index contributed by atoms with van der Waals surface area (Å²) < 4.78 is 0. The highest BCUT2D eigenvalue weighted by atomic mass is 16.1. The fourth-order valence-electron chi connectivity index (χ4n) is 11.8. The van der Waals surface area contributed by atoms with Crippen molar-refractivity contribution in [3.63, 3.8) is 0 Å². The molecule has 4 aromatic rings. The SMILES string of the molecule is C=C(CCc1cc(C(C)(C)C)cc(C(C)(C)C)c1)CCC(CCC)(CCC)CCC(=C)CCc1cc(C(C)(C)C)c(C)c(C(C)(C)C)c1.C=CCCc1cccc(C(C)(C)C)c1.CC(C)(C)C.Cc1c(C(C)(C)C)cc(CC=O)cc1C(C)(C)C. The van der Waals surface area contributed by atoms with Gasteiger partial charge in [0.05, 0.1) is 0 Å². The molecule has 0 bridgehead atoms. The van der Waals surface area contributed by atoms with E-state index in [9.17, 15) is 4.79 Å². The van der Waals surface area contributed by atoms with Crippen molar-refractivity contribution in [3.8, 4) is 0 Å².